The van der Waals surface area contributed by atoms with Crippen LogP contribution in [-0.2, 0) is 11.2 Å². The summed E-state index contributed by atoms with van der Waals surface area (Å²) < 4.78 is 1.65. The number of hydrogen-bond donors (Lipinski definition) is 1. The standard InChI is InChI=1S/C19H21N5OS/c1-4-15-7-9-16(10-8-15)24-19(21-22-23-24)26-12-18(25)20-17-11-13(2)5-6-14(17)3/h5-11H,4,12H2,1-3H3,(H,20,25). The molecule has 1 N–H and O–H groups in total. The minimum atomic E-state index is -0.0837. The van der Waals surface area contributed by atoms with Gasteiger partial charge in [0.05, 0.1) is 11.4 Å². The highest BCUT2D eigenvalue weighted by Gasteiger charge is 2.12. The van der Waals surface area contributed by atoms with Crippen molar-refractivity contribution in [3.05, 3.63) is 59.2 Å². The van der Waals surface area contributed by atoms with Gasteiger partial charge in [0.1, 0.15) is 0 Å². The summed E-state index contributed by atoms with van der Waals surface area (Å²) >= 11 is 1.31. The fourth-order valence-electron chi connectivity index (χ4n) is 2.49. The summed E-state index contributed by atoms with van der Waals surface area (Å²) in [4.78, 5) is 12.3. The minimum absolute atomic E-state index is 0.0837. The molecule has 1 heterocycles. The summed E-state index contributed by atoms with van der Waals surface area (Å²) in [7, 11) is 0. The summed E-state index contributed by atoms with van der Waals surface area (Å²) in [5, 5.41) is 15.3. The van der Waals surface area contributed by atoms with Crippen molar-refractivity contribution in [1.29, 1.82) is 0 Å². The van der Waals surface area contributed by atoms with E-state index in [2.05, 4.69) is 39.9 Å². The average Bonchev–Trinajstić information content (AvgIpc) is 3.12. The molecular formula is C19H21N5OS. The van der Waals surface area contributed by atoms with Gasteiger partial charge in [-0.25, -0.2) is 0 Å². The van der Waals surface area contributed by atoms with Crippen molar-refractivity contribution in [2.75, 3.05) is 11.1 Å². The Hall–Kier alpha value is -2.67. The summed E-state index contributed by atoms with van der Waals surface area (Å²) in [5.74, 6) is 0.153. The fourth-order valence-corrected chi connectivity index (χ4v) is 3.18. The molecule has 1 amide bonds. The number of nitrogens with zero attached hydrogens (tertiary/aromatic N) is 4. The first-order valence-electron chi connectivity index (χ1n) is 8.44. The molecule has 2 aromatic carbocycles. The van der Waals surface area contributed by atoms with E-state index in [4.69, 9.17) is 0 Å². The number of carbonyl (C=O) groups excluding carboxylic acids is 1. The SMILES string of the molecule is CCc1ccc(-n2nnnc2SCC(=O)Nc2cc(C)ccc2C)cc1. The lowest BCUT2D eigenvalue weighted by atomic mass is 10.1. The Morgan fingerprint density at radius 3 is 2.65 bits per heavy atom. The Morgan fingerprint density at radius 2 is 1.92 bits per heavy atom. The minimum Gasteiger partial charge on any atom is -0.325 e. The molecule has 0 radical (unpaired) electrons. The molecule has 0 aliphatic heterocycles. The molecule has 3 aromatic rings. The largest absolute Gasteiger partial charge is 0.325 e. The molecule has 0 spiro atoms. The van der Waals surface area contributed by atoms with Gasteiger partial charge in [-0.3, -0.25) is 4.79 Å². The second-order valence-electron chi connectivity index (χ2n) is 6.05. The van der Waals surface area contributed by atoms with Crippen molar-refractivity contribution in [2.24, 2.45) is 0 Å². The van der Waals surface area contributed by atoms with Gasteiger partial charge in [0, 0.05) is 5.69 Å². The number of tetrazole rings is 1. The van der Waals surface area contributed by atoms with Crippen LogP contribution in [0.15, 0.2) is 47.6 Å². The third-order valence-electron chi connectivity index (χ3n) is 4.03. The van der Waals surface area contributed by atoms with Crippen LogP contribution in [0.2, 0.25) is 0 Å². The number of anilines is 1. The number of aryl methyl sites for hydroxylation is 3. The lowest BCUT2D eigenvalue weighted by Crippen LogP contribution is -2.15. The Labute approximate surface area is 157 Å². The van der Waals surface area contributed by atoms with Gasteiger partial charge >= 0.3 is 0 Å². The van der Waals surface area contributed by atoms with Crippen molar-refractivity contribution in [3.8, 4) is 5.69 Å². The molecular weight excluding hydrogens is 346 g/mol. The van der Waals surface area contributed by atoms with E-state index < -0.39 is 0 Å². The number of hydrogen-bond acceptors (Lipinski definition) is 5. The summed E-state index contributed by atoms with van der Waals surface area (Å²) in [6.07, 6.45) is 0.982. The van der Waals surface area contributed by atoms with Crippen LogP contribution in [0, 0.1) is 13.8 Å². The number of benzene rings is 2. The molecule has 0 fully saturated rings. The van der Waals surface area contributed by atoms with Crippen molar-refractivity contribution < 1.29 is 4.79 Å². The number of nitrogens with one attached hydrogen (secondary N) is 1. The topological polar surface area (TPSA) is 72.7 Å². The first-order valence-corrected chi connectivity index (χ1v) is 9.43. The predicted molar refractivity (Wildman–Crippen MR) is 104 cm³/mol. The summed E-state index contributed by atoms with van der Waals surface area (Å²) in [6, 6.07) is 14.1. The van der Waals surface area contributed by atoms with E-state index in [1.165, 1.54) is 17.3 Å². The zero-order chi connectivity index (χ0) is 18.5. The molecule has 3 rings (SSSR count). The predicted octanol–water partition coefficient (Wildman–Crippen LogP) is 3.57. The molecule has 0 saturated carbocycles. The molecule has 0 saturated heterocycles. The maximum atomic E-state index is 12.3. The first kappa shape index (κ1) is 18.1. The molecule has 6 nitrogen and oxygen atoms in total. The Morgan fingerprint density at radius 1 is 1.15 bits per heavy atom. The maximum Gasteiger partial charge on any atom is 0.234 e. The molecule has 134 valence electrons. The van der Waals surface area contributed by atoms with Gasteiger partial charge in [-0.15, -0.1) is 5.10 Å². The maximum absolute atomic E-state index is 12.3. The molecule has 7 heteroatoms. The van der Waals surface area contributed by atoms with Crippen molar-refractivity contribution in [2.45, 2.75) is 32.3 Å². The van der Waals surface area contributed by atoms with E-state index in [0.29, 0.717) is 5.16 Å². The molecule has 1 aromatic heterocycles. The van der Waals surface area contributed by atoms with Crippen LogP contribution < -0.4 is 5.32 Å². The molecule has 0 atom stereocenters. The van der Waals surface area contributed by atoms with Gasteiger partial charge in [0.25, 0.3) is 0 Å². The quantitative estimate of drug-likeness (QED) is 0.674. The zero-order valence-corrected chi connectivity index (χ0v) is 15.9. The van der Waals surface area contributed by atoms with E-state index in [0.717, 1.165) is 28.9 Å². The van der Waals surface area contributed by atoms with Crippen LogP contribution in [0.4, 0.5) is 5.69 Å². The number of carbonyl (C=O) groups is 1. The smallest absolute Gasteiger partial charge is 0.234 e. The molecule has 0 unspecified atom stereocenters. The van der Waals surface area contributed by atoms with Crippen LogP contribution in [0.3, 0.4) is 0 Å². The van der Waals surface area contributed by atoms with E-state index in [1.807, 2.05) is 44.2 Å². The van der Waals surface area contributed by atoms with E-state index in [-0.39, 0.29) is 11.7 Å². The van der Waals surface area contributed by atoms with Gasteiger partial charge in [-0.1, -0.05) is 43.0 Å². The van der Waals surface area contributed by atoms with Crippen LogP contribution in [0.5, 0.6) is 0 Å². The molecule has 26 heavy (non-hydrogen) atoms. The summed E-state index contributed by atoms with van der Waals surface area (Å²) in [5.41, 5.74) is 5.12. The monoisotopic (exact) mass is 367 g/mol. The van der Waals surface area contributed by atoms with Gasteiger partial charge in [-0.05, 0) is 65.6 Å². The highest BCUT2D eigenvalue weighted by atomic mass is 32.2. The fraction of sp³-hybridized carbons (Fsp3) is 0.263. The van der Waals surface area contributed by atoms with E-state index >= 15 is 0 Å². The number of aromatic nitrogens is 4. The highest BCUT2D eigenvalue weighted by Crippen LogP contribution is 2.20. The lowest BCUT2D eigenvalue weighted by molar-refractivity contribution is -0.113. The average molecular weight is 367 g/mol. The Balaban J connectivity index is 1.66. The van der Waals surface area contributed by atoms with Gasteiger partial charge in [-0.2, -0.15) is 4.68 Å². The van der Waals surface area contributed by atoms with Crippen molar-refractivity contribution >= 4 is 23.4 Å². The van der Waals surface area contributed by atoms with Gasteiger partial charge < -0.3 is 5.32 Å². The Bertz CT molecular complexity index is 905. The van der Waals surface area contributed by atoms with Gasteiger partial charge in [0.15, 0.2) is 0 Å². The number of rotatable bonds is 6. The first-order chi connectivity index (χ1) is 12.6. The van der Waals surface area contributed by atoms with Crippen LogP contribution >= 0.6 is 11.8 Å². The second-order valence-corrected chi connectivity index (χ2v) is 6.99. The lowest BCUT2D eigenvalue weighted by Gasteiger charge is -2.09. The van der Waals surface area contributed by atoms with Crippen molar-refractivity contribution in [3.63, 3.8) is 0 Å². The van der Waals surface area contributed by atoms with E-state index in [9.17, 15) is 4.79 Å². The molecule has 0 aliphatic carbocycles. The zero-order valence-electron chi connectivity index (χ0n) is 15.1. The van der Waals surface area contributed by atoms with Crippen LogP contribution in [0.1, 0.15) is 23.6 Å². The molecule has 0 bridgehead atoms. The number of amides is 1. The second kappa shape index (κ2) is 8.14. The third kappa shape index (κ3) is 4.29. The number of thioether (sulfide) groups is 1. The third-order valence-corrected chi connectivity index (χ3v) is 4.95. The Kier molecular flexibility index (Phi) is 5.68. The summed E-state index contributed by atoms with van der Waals surface area (Å²) in [6.45, 7) is 6.09. The van der Waals surface area contributed by atoms with Crippen molar-refractivity contribution in [1.82, 2.24) is 20.2 Å². The highest BCUT2D eigenvalue weighted by molar-refractivity contribution is 7.99. The van der Waals surface area contributed by atoms with Gasteiger partial charge in [0.2, 0.25) is 11.1 Å². The normalized spacial score (nSPS) is 10.7. The molecule has 0 aliphatic rings. The van der Waals surface area contributed by atoms with Crippen LogP contribution in [-0.4, -0.2) is 31.9 Å². The van der Waals surface area contributed by atoms with E-state index in [1.54, 1.807) is 4.68 Å². The van der Waals surface area contributed by atoms with Crippen LogP contribution in [0.25, 0.3) is 5.69 Å².